The van der Waals surface area contributed by atoms with Gasteiger partial charge in [0.05, 0.1) is 6.20 Å². The molecule has 3 rings (SSSR count). The van der Waals surface area contributed by atoms with Crippen LogP contribution in [-0.2, 0) is 9.59 Å². The number of ketones is 3. The molecule has 1 fully saturated rings. The quantitative estimate of drug-likeness (QED) is 0.639. The minimum absolute atomic E-state index is 0.153. The van der Waals surface area contributed by atoms with E-state index in [1.807, 2.05) is 27.7 Å². The van der Waals surface area contributed by atoms with E-state index in [-0.39, 0.29) is 41.4 Å². The van der Waals surface area contributed by atoms with E-state index in [4.69, 9.17) is 0 Å². The van der Waals surface area contributed by atoms with Gasteiger partial charge >= 0.3 is 0 Å². The van der Waals surface area contributed by atoms with Gasteiger partial charge < -0.3 is 0 Å². The lowest BCUT2D eigenvalue weighted by molar-refractivity contribution is -0.137. The first-order valence-electron chi connectivity index (χ1n) is 8.12. The van der Waals surface area contributed by atoms with E-state index in [0.717, 1.165) is 5.39 Å². The Balaban J connectivity index is 1.94. The number of pyridine rings is 1. The van der Waals surface area contributed by atoms with E-state index in [0.29, 0.717) is 5.65 Å². The van der Waals surface area contributed by atoms with Crippen molar-refractivity contribution in [3.8, 4) is 0 Å². The molecular weight excluding hydrogens is 306 g/mol. The van der Waals surface area contributed by atoms with E-state index in [2.05, 4.69) is 10.1 Å². The Kier molecular flexibility index (Phi) is 3.86. The van der Waals surface area contributed by atoms with E-state index in [1.54, 1.807) is 16.9 Å². The molecule has 0 atom stereocenters. The molecular formula is C18H21N3O3. The Bertz CT molecular complexity index is 828. The highest BCUT2D eigenvalue weighted by molar-refractivity contribution is 6.25. The standard InChI is InChI=1S/C18H21N3O3/c1-10(2)21-17-12(9-20-21)5-11(8-19-17)16(24)15-13(22)6-18(3,4)7-14(15)23/h5,8-10,15H,6-7H2,1-4H3. The van der Waals surface area contributed by atoms with Crippen molar-refractivity contribution in [1.82, 2.24) is 14.8 Å². The summed E-state index contributed by atoms with van der Waals surface area (Å²) in [5.41, 5.74) is 0.604. The number of nitrogens with zero attached hydrogens (tertiary/aromatic N) is 3. The van der Waals surface area contributed by atoms with Crippen LogP contribution in [0, 0.1) is 11.3 Å². The second kappa shape index (κ2) is 5.61. The number of carbonyl (C=O) groups is 3. The summed E-state index contributed by atoms with van der Waals surface area (Å²) < 4.78 is 1.77. The zero-order chi connectivity index (χ0) is 17.6. The smallest absolute Gasteiger partial charge is 0.182 e. The zero-order valence-electron chi connectivity index (χ0n) is 14.4. The lowest BCUT2D eigenvalue weighted by atomic mass is 9.70. The molecule has 0 N–H and O–H groups in total. The van der Waals surface area contributed by atoms with Crippen molar-refractivity contribution in [3.05, 3.63) is 24.0 Å². The minimum Gasteiger partial charge on any atom is -0.298 e. The van der Waals surface area contributed by atoms with E-state index in [1.165, 1.54) is 6.20 Å². The van der Waals surface area contributed by atoms with Gasteiger partial charge in [-0.15, -0.1) is 0 Å². The number of hydrogen-bond donors (Lipinski definition) is 0. The van der Waals surface area contributed by atoms with Gasteiger partial charge in [-0.25, -0.2) is 9.67 Å². The van der Waals surface area contributed by atoms with Crippen LogP contribution >= 0.6 is 0 Å². The Morgan fingerprint density at radius 1 is 1.21 bits per heavy atom. The average molecular weight is 327 g/mol. The molecule has 0 amide bonds. The summed E-state index contributed by atoms with van der Waals surface area (Å²) in [4.78, 5) is 41.6. The summed E-state index contributed by atoms with van der Waals surface area (Å²) in [6.07, 6.45) is 3.57. The average Bonchev–Trinajstić information content (AvgIpc) is 2.87. The lowest BCUT2D eigenvalue weighted by Crippen LogP contribution is -2.41. The molecule has 2 heterocycles. The predicted molar refractivity (Wildman–Crippen MR) is 88.8 cm³/mol. The summed E-state index contributed by atoms with van der Waals surface area (Å²) in [7, 11) is 0. The number of hydrogen-bond acceptors (Lipinski definition) is 5. The van der Waals surface area contributed by atoms with Gasteiger partial charge in [-0.3, -0.25) is 14.4 Å². The molecule has 0 saturated heterocycles. The van der Waals surface area contributed by atoms with Crippen LogP contribution in [0.4, 0.5) is 0 Å². The maximum absolute atomic E-state index is 12.7. The molecule has 2 aromatic rings. The first-order valence-corrected chi connectivity index (χ1v) is 8.12. The molecule has 6 nitrogen and oxygen atoms in total. The highest BCUT2D eigenvalue weighted by Crippen LogP contribution is 2.35. The summed E-state index contributed by atoms with van der Waals surface area (Å²) in [6, 6.07) is 1.82. The van der Waals surface area contributed by atoms with Crippen molar-refractivity contribution < 1.29 is 14.4 Å². The molecule has 2 aromatic heterocycles. The van der Waals surface area contributed by atoms with Gasteiger partial charge in [0.25, 0.3) is 0 Å². The van der Waals surface area contributed by atoms with Crippen molar-refractivity contribution in [2.45, 2.75) is 46.6 Å². The van der Waals surface area contributed by atoms with Gasteiger partial charge in [-0.05, 0) is 25.3 Å². The fraction of sp³-hybridized carbons (Fsp3) is 0.500. The Morgan fingerprint density at radius 2 is 1.83 bits per heavy atom. The van der Waals surface area contributed by atoms with Crippen LogP contribution in [0.1, 0.15) is 56.9 Å². The van der Waals surface area contributed by atoms with Crippen LogP contribution in [0.5, 0.6) is 0 Å². The van der Waals surface area contributed by atoms with Crippen LogP contribution in [0.3, 0.4) is 0 Å². The normalized spacial score (nSPS) is 18.5. The van der Waals surface area contributed by atoms with Gasteiger partial charge in [-0.1, -0.05) is 13.8 Å². The first-order chi connectivity index (χ1) is 11.2. The highest BCUT2D eigenvalue weighted by Gasteiger charge is 2.43. The van der Waals surface area contributed by atoms with E-state index in [9.17, 15) is 14.4 Å². The minimum atomic E-state index is -1.18. The number of Topliss-reactive ketones (excluding diaryl/α,β-unsaturated/α-hetero) is 3. The SMILES string of the molecule is CC(C)n1ncc2cc(C(=O)C3C(=O)CC(C)(C)CC3=O)cnc21. The van der Waals surface area contributed by atoms with E-state index >= 15 is 0 Å². The molecule has 1 aliphatic rings. The van der Waals surface area contributed by atoms with Crippen molar-refractivity contribution in [3.63, 3.8) is 0 Å². The molecule has 1 saturated carbocycles. The lowest BCUT2D eigenvalue weighted by Gasteiger charge is -2.31. The molecule has 6 heteroatoms. The van der Waals surface area contributed by atoms with Gasteiger partial charge in [0, 0.05) is 36.0 Å². The number of carbonyl (C=O) groups excluding carboxylic acids is 3. The third-order valence-corrected chi connectivity index (χ3v) is 4.42. The van der Waals surface area contributed by atoms with Crippen LogP contribution < -0.4 is 0 Å². The number of fused-ring (bicyclic) bond motifs is 1. The third kappa shape index (κ3) is 2.77. The summed E-state index contributed by atoms with van der Waals surface area (Å²) >= 11 is 0. The molecule has 0 aromatic carbocycles. The second-order valence-corrected chi connectivity index (χ2v) is 7.57. The molecule has 126 valence electrons. The van der Waals surface area contributed by atoms with Gasteiger partial charge in [0.15, 0.2) is 23.0 Å². The van der Waals surface area contributed by atoms with Crippen molar-refractivity contribution >= 4 is 28.4 Å². The second-order valence-electron chi connectivity index (χ2n) is 7.57. The maximum Gasteiger partial charge on any atom is 0.182 e. The molecule has 1 aliphatic carbocycles. The topological polar surface area (TPSA) is 81.9 Å². The third-order valence-electron chi connectivity index (χ3n) is 4.42. The predicted octanol–water partition coefficient (Wildman–Crippen LogP) is 2.77. The number of aromatic nitrogens is 3. The van der Waals surface area contributed by atoms with Gasteiger partial charge in [0.1, 0.15) is 5.92 Å². The highest BCUT2D eigenvalue weighted by atomic mass is 16.2. The molecule has 24 heavy (non-hydrogen) atoms. The maximum atomic E-state index is 12.7. The fourth-order valence-electron chi connectivity index (χ4n) is 3.30. The Labute approximate surface area is 140 Å². The Morgan fingerprint density at radius 3 is 2.42 bits per heavy atom. The summed E-state index contributed by atoms with van der Waals surface area (Å²) in [5, 5.41) is 4.99. The summed E-state index contributed by atoms with van der Waals surface area (Å²) in [6.45, 7) is 7.73. The van der Waals surface area contributed by atoms with E-state index < -0.39 is 11.7 Å². The first kappa shape index (κ1) is 16.5. The van der Waals surface area contributed by atoms with Crippen LogP contribution in [0.25, 0.3) is 11.0 Å². The molecule has 0 spiro atoms. The van der Waals surface area contributed by atoms with Crippen LogP contribution in [-0.4, -0.2) is 32.1 Å². The Hall–Kier alpha value is -2.37. The van der Waals surface area contributed by atoms with Gasteiger partial charge in [0.2, 0.25) is 0 Å². The zero-order valence-corrected chi connectivity index (χ0v) is 14.4. The molecule has 0 unspecified atom stereocenters. The molecule has 0 aliphatic heterocycles. The van der Waals surface area contributed by atoms with Gasteiger partial charge in [-0.2, -0.15) is 5.10 Å². The fourth-order valence-corrected chi connectivity index (χ4v) is 3.30. The van der Waals surface area contributed by atoms with Crippen LogP contribution in [0.2, 0.25) is 0 Å². The summed E-state index contributed by atoms with van der Waals surface area (Å²) in [5.74, 6) is -2.22. The largest absolute Gasteiger partial charge is 0.298 e. The van der Waals surface area contributed by atoms with Crippen molar-refractivity contribution in [2.24, 2.45) is 11.3 Å². The monoisotopic (exact) mass is 327 g/mol. The molecule has 0 bridgehead atoms. The molecule has 0 radical (unpaired) electrons. The van der Waals surface area contributed by atoms with Crippen molar-refractivity contribution in [1.29, 1.82) is 0 Å². The van der Waals surface area contributed by atoms with Crippen molar-refractivity contribution in [2.75, 3.05) is 0 Å². The number of rotatable bonds is 3. The van der Waals surface area contributed by atoms with Crippen LogP contribution in [0.15, 0.2) is 18.5 Å².